The number of hydrogen-bond donors (Lipinski definition) is 32. The predicted molar refractivity (Wildman–Crippen MR) is 330 cm³/mol. The summed E-state index contributed by atoms with van der Waals surface area (Å²) in [6, 6.07) is 0. The molecule has 10 aliphatic heterocycles. The van der Waals surface area contributed by atoms with Gasteiger partial charge in [0.1, 0.15) is 244 Å². The molecule has 50 atom stereocenters. The summed E-state index contributed by atoms with van der Waals surface area (Å²) < 4.78 is 106. The number of aliphatic hydroxyl groups is 32. The molecule has 10 rings (SSSR count). The highest BCUT2D eigenvalue weighted by molar-refractivity contribution is 5.02. The van der Waals surface area contributed by atoms with E-state index >= 15 is 0 Å². The van der Waals surface area contributed by atoms with E-state index in [0.717, 1.165) is 0 Å². The summed E-state index contributed by atoms with van der Waals surface area (Å²) in [7, 11) is 0. The Kier molecular flexibility index (Phi) is 32.4. The molecule has 0 unspecified atom stereocenters. The van der Waals surface area contributed by atoms with Gasteiger partial charge in [-0.15, -0.1) is 0 Å². The molecule has 0 aliphatic carbocycles. The highest BCUT2D eigenvalue weighted by Crippen LogP contribution is 2.39. The van der Waals surface area contributed by atoms with Crippen LogP contribution < -0.4 is 0 Å². The van der Waals surface area contributed by atoms with Crippen molar-refractivity contribution in [3.63, 3.8) is 0 Å². The van der Waals surface area contributed by atoms with Gasteiger partial charge in [0.25, 0.3) is 0 Å². The van der Waals surface area contributed by atoms with Crippen molar-refractivity contribution in [2.45, 2.75) is 307 Å². The molecule has 10 fully saturated rings. The van der Waals surface area contributed by atoms with Gasteiger partial charge in [0.05, 0.1) is 66.1 Å². The monoisotopic (exact) mass is 1640 g/mol. The normalized spacial score (nSPS) is 53.7. The third-order valence-corrected chi connectivity index (χ3v) is 20.8. The van der Waals surface area contributed by atoms with Crippen LogP contribution in [0.4, 0.5) is 0 Å². The molecule has 0 radical (unpaired) electrons. The van der Waals surface area contributed by atoms with Crippen LogP contribution in [-0.2, 0) is 90.0 Å². The Morgan fingerprint density at radius 3 is 0.541 bits per heavy atom. The van der Waals surface area contributed by atoms with Crippen molar-refractivity contribution < 1.29 is 253 Å². The first-order valence-electron chi connectivity index (χ1n) is 35.2. The maximum Gasteiger partial charge on any atom is 0.187 e. The van der Waals surface area contributed by atoms with E-state index < -0.39 is 373 Å². The minimum absolute atomic E-state index is 0.856. The van der Waals surface area contributed by atoms with Crippen LogP contribution in [-0.4, -0.2) is 537 Å². The Morgan fingerprint density at radius 1 is 0.153 bits per heavy atom. The molecule has 0 bridgehead atoms. The fourth-order valence-corrected chi connectivity index (χ4v) is 14.2. The Bertz CT molecular complexity index is 2780. The Labute approximate surface area is 625 Å². The molecular formula is C60H102O51. The average molecular weight is 1640 g/mol. The van der Waals surface area contributed by atoms with Crippen LogP contribution >= 0.6 is 0 Å². The number of hydrogen-bond acceptors (Lipinski definition) is 51. The lowest BCUT2D eigenvalue weighted by Gasteiger charge is -2.49. The van der Waals surface area contributed by atoms with Gasteiger partial charge in [-0.05, 0) is 0 Å². The van der Waals surface area contributed by atoms with Gasteiger partial charge < -0.3 is 253 Å². The lowest BCUT2D eigenvalue weighted by atomic mass is 9.95. The second-order valence-corrected chi connectivity index (χ2v) is 28.1. The molecule has 0 spiro atoms. The van der Waals surface area contributed by atoms with E-state index in [-0.39, 0.29) is 0 Å². The summed E-state index contributed by atoms with van der Waals surface area (Å²) in [5.41, 5.74) is 0. The van der Waals surface area contributed by atoms with Crippen LogP contribution in [0, 0.1) is 0 Å². The van der Waals surface area contributed by atoms with E-state index in [1.807, 2.05) is 0 Å². The molecular weight excluding hydrogens is 1540 g/mol. The minimum atomic E-state index is -2.29. The van der Waals surface area contributed by atoms with Crippen molar-refractivity contribution in [2.24, 2.45) is 0 Å². The van der Waals surface area contributed by atoms with E-state index in [0.29, 0.717) is 0 Å². The van der Waals surface area contributed by atoms with Crippen molar-refractivity contribution >= 4 is 0 Å². The first-order valence-corrected chi connectivity index (χ1v) is 35.2. The van der Waals surface area contributed by atoms with Crippen LogP contribution in [0.2, 0.25) is 0 Å². The molecule has 0 aromatic rings. The first-order chi connectivity index (χ1) is 52.6. The molecule has 10 saturated heterocycles. The molecule has 0 saturated carbocycles. The molecule has 10 heterocycles. The fourth-order valence-electron chi connectivity index (χ4n) is 14.2. The highest BCUT2D eigenvalue weighted by Gasteiger charge is 2.60. The summed E-state index contributed by atoms with van der Waals surface area (Å²) in [5.74, 6) is 0. The smallest absolute Gasteiger partial charge is 0.187 e. The second kappa shape index (κ2) is 39.4. The average Bonchev–Trinajstić information content (AvgIpc) is 0.785. The van der Waals surface area contributed by atoms with Gasteiger partial charge in [0.2, 0.25) is 0 Å². The molecule has 0 aromatic carbocycles. The van der Waals surface area contributed by atoms with Crippen molar-refractivity contribution in [3.8, 4) is 0 Å². The molecule has 111 heavy (non-hydrogen) atoms. The summed E-state index contributed by atoms with van der Waals surface area (Å²) in [4.78, 5) is 0. The van der Waals surface area contributed by atoms with Crippen LogP contribution in [0.3, 0.4) is 0 Å². The van der Waals surface area contributed by atoms with Crippen molar-refractivity contribution in [1.82, 2.24) is 0 Å². The van der Waals surface area contributed by atoms with E-state index in [4.69, 9.17) is 90.0 Å². The summed E-state index contributed by atoms with van der Waals surface area (Å²) in [6.07, 6.45) is -99.1. The van der Waals surface area contributed by atoms with Gasteiger partial charge >= 0.3 is 0 Å². The topological polar surface area (TPSA) is 823 Å². The van der Waals surface area contributed by atoms with E-state index in [9.17, 15) is 163 Å². The Hall–Kier alpha value is -2.04. The molecule has 10 aliphatic rings. The summed E-state index contributed by atoms with van der Waals surface area (Å²) in [5, 5.41) is 343. The number of ether oxygens (including phenoxy) is 19. The minimum Gasteiger partial charge on any atom is -0.394 e. The fraction of sp³-hybridized carbons (Fsp3) is 1.00. The maximum atomic E-state index is 11.4. The van der Waals surface area contributed by atoms with E-state index in [2.05, 4.69) is 0 Å². The third kappa shape index (κ3) is 19.2. The zero-order chi connectivity index (χ0) is 81.4. The van der Waals surface area contributed by atoms with E-state index in [1.54, 1.807) is 0 Å². The molecule has 51 nitrogen and oxygen atoms in total. The Morgan fingerprint density at radius 2 is 0.315 bits per heavy atom. The largest absolute Gasteiger partial charge is 0.394 e. The highest BCUT2D eigenvalue weighted by atomic mass is 16.8. The molecule has 32 N–H and O–H groups in total. The first kappa shape index (κ1) is 91.3. The van der Waals surface area contributed by atoms with Gasteiger partial charge in [-0.25, -0.2) is 0 Å². The number of rotatable bonds is 28. The van der Waals surface area contributed by atoms with Crippen molar-refractivity contribution in [3.05, 3.63) is 0 Å². The van der Waals surface area contributed by atoms with Crippen LogP contribution in [0.1, 0.15) is 0 Å². The lowest BCUT2D eigenvalue weighted by molar-refractivity contribution is -0.388. The van der Waals surface area contributed by atoms with Gasteiger partial charge in [0, 0.05) is 0 Å². The summed E-state index contributed by atoms with van der Waals surface area (Å²) >= 11 is 0. The quantitative estimate of drug-likeness (QED) is 0.0346. The molecule has 0 amide bonds. The van der Waals surface area contributed by atoms with Gasteiger partial charge in [-0.3, -0.25) is 0 Å². The van der Waals surface area contributed by atoms with Gasteiger partial charge in [-0.2, -0.15) is 0 Å². The van der Waals surface area contributed by atoms with Gasteiger partial charge in [0.15, 0.2) is 62.9 Å². The second-order valence-electron chi connectivity index (χ2n) is 28.1. The van der Waals surface area contributed by atoms with Crippen LogP contribution in [0.15, 0.2) is 0 Å². The zero-order valence-corrected chi connectivity index (χ0v) is 58.0. The molecule has 648 valence electrons. The maximum absolute atomic E-state index is 11.4. The van der Waals surface area contributed by atoms with Gasteiger partial charge in [-0.1, -0.05) is 0 Å². The van der Waals surface area contributed by atoms with Crippen LogP contribution in [0.5, 0.6) is 0 Å². The van der Waals surface area contributed by atoms with Crippen molar-refractivity contribution in [2.75, 3.05) is 66.1 Å². The Balaban J connectivity index is 0.696. The third-order valence-electron chi connectivity index (χ3n) is 20.8. The SMILES string of the molecule is OC[C@H]1O[C@@H](O[C@H]2[C@H](O)[C@@H](O)[C@@H](OC[C@H]3O[C@@H](O[C@H]4[C@H](O)[C@@H](O)[C@H](O[C@H]5[C@H](O)[C@@H](O)[C@@H](OC[C@H]6O[C@H](O[C@H]7[C@H](O)[C@@H](O)[C@@H](O[C@H]8[C@H](O)[C@@H](O)[C@@H](OC[C@H]9O[C@H](O[C@H]%10[C@H](O)[C@@H](O)[C@@H](O)O[C@@H]%10CO)[C@H](O)[C@@H](O)[C@@H]9O)O[C@@H]8CO)O[C@@H]7CO)[C@H](O)[C@@H](O)[C@@H]6O)O[C@@H]5CO)O[C@@H]4CO)[C@H](O)[C@@H](O)[C@@H]3O)O[C@@H]2CO)[C@H](O)[C@@H](O)[C@@H]1O. The summed E-state index contributed by atoms with van der Waals surface area (Å²) in [6.45, 7) is -9.86. The predicted octanol–water partition coefficient (Wildman–Crippen LogP) is -22.8. The van der Waals surface area contributed by atoms with E-state index in [1.165, 1.54) is 0 Å². The van der Waals surface area contributed by atoms with Crippen LogP contribution in [0.25, 0.3) is 0 Å². The standard InChI is InChI=1S/C60H102O51/c61-1-11-21(68)25(72)36(83)55(97-11)107-46-13(3-63)98-52(40(87)30(46)77)94-9-19-23(70)27(74)38(85)57(104-19)108-49-16(6-66)102-60(44(91)33(49)80)111-48-15(5-65)100-54(42(89)32(48)79)95-10-20-24(71)28(75)39(86)58(105-20)109-50-17(7-67)101-59(43(90)34(50)81)110-47-14(4-64)99-53(41(88)31(47)78)93-8-18-22(69)26(73)37(84)56(103-18)106-45-12(2-62)96-51(92)35(82)29(45)76/h11-92H,1-10H2/t11-,12-,13-,14-,15-,16-,17-,18-,19-,20-,21-,22-,23-,24-,25+,26+,27+,28+,29-,30-,31-,32-,33-,34-,35-,36-,37-,38-,39-,40-,41-,42-,43-,44-,45-,46-,47-,48-,49-,50-,51+,52+,53+,54+,55+,56-,57+,58-,59-,60+/m1/s1. The lowest BCUT2D eigenvalue weighted by Crippen LogP contribution is -2.67. The number of aliphatic hydroxyl groups excluding tert-OH is 32. The molecule has 51 heteroatoms. The zero-order valence-electron chi connectivity index (χ0n) is 58.0. The molecule has 0 aromatic heterocycles. The van der Waals surface area contributed by atoms with Crippen molar-refractivity contribution in [1.29, 1.82) is 0 Å².